The predicted molar refractivity (Wildman–Crippen MR) is 104 cm³/mol. The van der Waals surface area contributed by atoms with Gasteiger partial charge in [0.25, 0.3) is 0 Å². The van der Waals surface area contributed by atoms with Gasteiger partial charge in [-0.25, -0.2) is 0 Å². The van der Waals surface area contributed by atoms with Crippen molar-refractivity contribution >= 4 is 5.97 Å². The van der Waals surface area contributed by atoms with Crippen LogP contribution in [0.15, 0.2) is 29.8 Å². The number of phenols is 1. The molecular formula is C23H32O3. The summed E-state index contributed by atoms with van der Waals surface area (Å²) >= 11 is 0. The lowest BCUT2D eigenvalue weighted by Gasteiger charge is -2.58. The van der Waals surface area contributed by atoms with Gasteiger partial charge in [0.2, 0.25) is 0 Å². The van der Waals surface area contributed by atoms with E-state index in [1.165, 1.54) is 31.8 Å². The third kappa shape index (κ3) is 3.17. The number of benzene rings is 1. The molecule has 0 aliphatic heterocycles. The maximum Gasteiger partial charge on any atom is 0.308 e. The van der Waals surface area contributed by atoms with Crippen molar-refractivity contribution in [3.63, 3.8) is 0 Å². The zero-order valence-electron chi connectivity index (χ0n) is 16.8. The van der Waals surface area contributed by atoms with Gasteiger partial charge in [0.15, 0.2) is 0 Å². The Morgan fingerprint density at radius 3 is 2.73 bits per heavy atom. The van der Waals surface area contributed by atoms with Gasteiger partial charge in [-0.3, -0.25) is 4.79 Å². The molecule has 142 valence electrons. The molecule has 4 atom stereocenters. The third-order valence-electron chi connectivity index (χ3n) is 7.46. The molecule has 0 spiro atoms. The summed E-state index contributed by atoms with van der Waals surface area (Å²) in [5, 5.41) is 10.0. The van der Waals surface area contributed by atoms with Crippen molar-refractivity contribution in [2.24, 2.45) is 22.7 Å². The zero-order chi connectivity index (χ0) is 19.1. The van der Waals surface area contributed by atoms with E-state index in [2.05, 4.69) is 33.8 Å². The Hall–Kier alpha value is -1.77. The normalized spacial score (nSPS) is 34.0. The van der Waals surface area contributed by atoms with Crippen LogP contribution in [0.1, 0.15) is 65.9 Å². The van der Waals surface area contributed by atoms with E-state index in [0.717, 1.165) is 18.4 Å². The highest BCUT2D eigenvalue weighted by Crippen LogP contribution is 2.61. The highest BCUT2D eigenvalue weighted by Gasteiger charge is 2.53. The summed E-state index contributed by atoms with van der Waals surface area (Å²) in [7, 11) is 0. The fraction of sp³-hybridized carbons (Fsp3) is 0.609. The average Bonchev–Trinajstić information content (AvgIpc) is 2.56. The Labute approximate surface area is 157 Å². The zero-order valence-corrected chi connectivity index (χ0v) is 16.8. The Morgan fingerprint density at radius 1 is 1.31 bits per heavy atom. The van der Waals surface area contributed by atoms with Crippen molar-refractivity contribution in [3.05, 3.63) is 35.4 Å². The van der Waals surface area contributed by atoms with Gasteiger partial charge in [0.05, 0.1) is 0 Å². The molecular weight excluding hydrogens is 324 g/mol. The Bertz CT molecular complexity index is 735. The summed E-state index contributed by atoms with van der Waals surface area (Å²) in [6, 6.07) is 5.08. The minimum atomic E-state index is -0.319. The van der Waals surface area contributed by atoms with Crippen LogP contribution in [0.5, 0.6) is 11.5 Å². The highest BCUT2D eigenvalue weighted by molar-refractivity contribution is 5.70. The van der Waals surface area contributed by atoms with E-state index in [-0.39, 0.29) is 22.5 Å². The molecule has 0 radical (unpaired) electrons. The van der Waals surface area contributed by atoms with Crippen LogP contribution in [-0.2, 0) is 11.2 Å². The number of allylic oxidation sites excluding steroid dienone is 2. The molecule has 3 rings (SSSR count). The molecule has 1 aromatic rings. The summed E-state index contributed by atoms with van der Waals surface area (Å²) in [4.78, 5) is 11.5. The fourth-order valence-electron chi connectivity index (χ4n) is 5.58. The topological polar surface area (TPSA) is 46.5 Å². The van der Waals surface area contributed by atoms with Crippen LogP contribution < -0.4 is 4.74 Å². The van der Waals surface area contributed by atoms with E-state index >= 15 is 0 Å². The van der Waals surface area contributed by atoms with Crippen molar-refractivity contribution in [1.29, 1.82) is 0 Å². The molecule has 1 saturated carbocycles. The second-order valence-electron chi connectivity index (χ2n) is 8.94. The molecule has 0 bridgehead atoms. The standard InChI is InChI=1S/C23H32O3/c1-15-7-6-8-21-22(15,4)12-11-16(2)23(21,5)14-18-13-19(25)9-10-20(18)26-17(3)24/h7,9-10,13,16,21,25H,6,8,11-12,14H2,1-5H3. The van der Waals surface area contributed by atoms with Crippen molar-refractivity contribution in [2.75, 3.05) is 0 Å². The van der Waals surface area contributed by atoms with E-state index in [4.69, 9.17) is 4.74 Å². The van der Waals surface area contributed by atoms with Gasteiger partial charge >= 0.3 is 5.97 Å². The van der Waals surface area contributed by atoms with E-state index < -0.39 is 0 Å². The number of esters is 1. The van der Waals surface area contributed by atoms with Gasteiger partial charge in [-0.2, -0.15) is 0 Å². The van der Waals surface area contributed by atoms with Crippen molar-refractivity contribution in [1.82, 2.24) is 0 Å². The number of phenolic OH excluding ortho intramolecular Hbond substituents is 1. The Kier molecular flexibility index (Phi) is 4.94. The van der Waals surface area contributed by atoms with Gasteiger partial charge in [-0.05, 0) is 85.5 Å². The van der Waals surface area contributed by atoms with Crippen LogP contribution >= 0.6 is 0 Å². The fourth-order valence-corrected chi connectivity index (χ4v) is 5.58. The van der Waals surface area contributed by atoms with Gasteiger partial charge < -0.3 is 9.84 Å². The first-order valence-electron chi connectivity index (χ1n) is 9.84. The lowest BCUT2D eigenvalue weighted by Crippen LogP contribution is -2.50. The van der Waals surface area contributed by atoms with E-state index in [9.17, 15) is 9.90 Å². The summed E-state index contributed by atoms with van der Waals surface area (Å²) in [6.07, 6.45) is 8.04. The molecule has 2 aliphatic rings. The highest BCUT2D eigenvalue weighted by atomic mass is 16.5. The van der Waals surface area contributed by atoms with Gasteiger partial charge in [-0.15, -0.1) is 0 Å². The maximum absolute atomic E-state index is 11.5. The summed E-state index contributed by atoms with van der Waals surface area (Å²) in [5.74, 6) is 1.67. The molecule has 0 saturated heterocycles. The summed E-state index contributed by atoms with van der Waals surface area (Å²) in [6.45, 7) is 10.9. The molecule has 3 nitrogen and oxygen atoms in total. The molecule has 3 heteroatoms. The molecule has 1 N–H and O–H groups in total. The first kappa shape index (κ1) is 19.0. The Morgan fingerprint density at radius 2 is 2.04 bits per heavy atom. The molecule has 0 amide bonds. The van der Waals surface area contributed by atoms with Crippen LogP contribution in [-0.4, -0.2) is 11.1 Å². The molecule has 4 unspecified atom stereocenters. The molecule has 0 aromatic heterocycles. The number of hydrogen-bond acceptors (Lipinski definition) is 3. The number of fused-ring (bicyclic) bond motifs is 1. The first-order valence-corrected chi connectivity index (χ1v) is 9.84. The van der Waals surface area contributed by atoms with Crippen molar-refractivity contribution in [3.8, 4) is 11.5 Å². The first-order chi connectivity index (χ1) is 12.2. The largest absolute Gasteiger partial charge is 0.508 e. The summed E-state index contributed by atoms with van der Waals surface area (Å²) < 4.78 is 5.44. The van der Waals surface area contributed by atoms with Crippen molar-refractivity contribution < 1.29 is 14.6 Å². The molecule has 26 heavy (non-hydrogen) atoms. The average molecular weight is 357 g/mol. The smallest absolute Gasteiger partial charge is 0.308 e. The van der Waals surface area contributed by atoms with Crippen molar-refractivity contribution in [2.45, 2.75) is 66.7 Å². The second kappa shape index (κ2) is 6.75. The lowest BCUT2D eigenvalue weighted by atomic mass is 9.47. The number of hydrogen-bond donors (Lipinski definition) is 1. The van der Waals surface area contributed by atoms with Crippen LogP contribution in [0.25, 0.3) is 0 Å². The van der Waals surface area contributed by atoms with Crippen LogP contribution in [0.3, 0.4) is 0 Å². The SMILES string of the molecule is CC(=O)Oc1ccc(O)cc1CC1(C)C(C)CCC2(C)C(C)=CCCC21. The number of aromatic hydroxyl groups is 1. The number of ether oxygens (including phenoxy) is 1. The van der Waals surface area contributed by atoms with Gasteiger partial charge in [0, 0.05) is 6.92 Å². The predicted octanol–water partition coefficient (Wildman–Crippen LogP) is 5.66. The molecule has 1 fully saturated rings. The van der Waals surface area contributed by atoms with Crippen LogP contribution in [0.4, 0.5) is 0 Å². The van der Waals surface area contributed by atoms with E-state index in [1.807, 2.05) is 0 Å². The minimum Gasteiger partial charge on any atom is -0.508 e. The van der Waals surface area contributed by atoms with E-state index in [0.29, 0.717) is 17.6 Å². The van der Waals surface area contributed by atoms with Crippen LogP contribution in [0.2, 0.25) is 0 Å². The van der Waals surface area contributed by atoms with Gasteiger partial charge in [0.1, 0.15) is 11.5 Å². The monoisotopic (exact) mass is 356 g/mol. The lowest BCUT2D eigenvalue weighted by molar-refractivity contribution is -0.132. The number of carbonyl (C=O) groups is 1. The quantitative estimate of drug-likeness (QED) is 0.432. The van der Waals surface area contributed by atoms with Crippen LogP contribution in [0, 0.1) is 22.7 Å². The number of carbonyl (C=O) groups excluding carboxylic acids is 1. The third-order valence-corrected chi connectivity index (χ3v) is 7.46. The second-order valence-corrected chi connectivity index (χ2v) is 8.94. The number of rotatable bonds is 3. The minimum absolute atomic E-state index is 0.102. The van der Waals surface area contributed by atoms with E-state index in [1.54, 1.807) is 18.2 Å². The Balaban J connectivity index is 2.01. The van der Waals surface area contributed by atoms with Gasteiger partial charge in [-0.1, -0.05) is 32.4 Å². The maximum atomic E-state index is 11.5. The summed E-state index contributed by atoms with van der Waals surface area (Å²) in [5.41, 5.74) is 2.82. The molecule has 2 aliphatic carbocycles. The molecule has 0 heterocycles. The molecule has 1 aromatic carbocycles.